The zero-order valence-corrected chi connectivity index (χ0v) is 16.7. The smallest absolute Gasteiger partial charge is 0.309 e. The summed E-state index contributed by atoms with van der Waals surface area (Å²) < 4.78 is 10.6. The average molecular weight is 391 g/mol. The minimum absolute atomic E-state index is 0.0838. The van der Waals surface area contributed by atoms with E-state index in [2.05, 4.69) is 5.32 Å². The highest BCUT2D eigenvalue weighted by molar-refractivity contribution is 5.87. The number of rotatable bonds is 8. The molecule has 0 saturated carbocycles. The Labute approximate surface area is 170 Å². The molecule has 5 nitrogen and oxygen atoms in total. The molecule has 0 aliphatic rings. The van der Waals surface area contributed by atoms with Crippen LogP contribution in [0, 0.1) is 6.92 Å². The molecule has 0 saturated heterocycles. The molecule has 0 heterocycles. The Bertz CT molecular complexity index is 994. The minimum Gasteiger partial charge on any atom is -0.493 e. The van der Waals surface area contributed by atoms with Crippen LogP contribution < -0.4 is 10.1 Å². The van der Waals surface area contributed by atoms with E-state index in [-0.39, 0.29) is 31.6 Å². The predicted octanol–water partition coefficient (Wildman–Crippen LogP) is 4.34. The minimum atomic E-state index is -0.466. The molecule has 150 valence electrons. The number of fused-ring (bicyclic) bond motifs is 1. The number of nitrogens with one attached hydrogen (secondary N) is 1. The van der Waals surface area contributed by atoms with E-state index in [1.807, 2.05) is 80.6 Å². The number of hydrogen-bond donors (Lipinski definition) is 1. The summed E-state index contributed by atoms with van der Waals surface area (Å²) in [6.45, 7) is 3.75. The lowest BCUT2D eigenvalue weighted by molar-refractivity contribution is -0.149. The molecule has 0 bridgehead atoms. The predicted molar refractivity (Wildman–Crippen MR) is 113 cm³/mol. The fourth-order valence-corrected chi connectivity index (χ4v) is 3.17. The third kappa shape index (κ3) is 5.57. The van der Waals surface area contributed by atoms with Crippen molar-refractivity contribution in [3.63, 3.8) is 0 Å². The quantitative estimate of drug-likeness (QED) is 0.580. The molecular formula is C24H25NO4. The lowest BCUT2D eigenvalue weighted by Gasteiger charge is -2.16. The number of ether oxygens (including phenoxy) is 2. The van der Waals surface area contributed by atoms with Crippen molar-refractivity contribution in [1.82, 2.24) is 5.32 Å². The van der Waals surface area contributed by atoms with Crippen LogP contribution in [0.15, 0.2) is 66.7 Å². The maximum Gasteiger partial charge on any atom is 0.309 e. The largest absolute Gasteiger partial charge is 0.493 e. The van der Waals surface area contributed by atoms with Gasteiger partial charge in [-0.15, -0.1) is 0 Å². The molecule has 0 unspecified atom stereocenters. The SMILES string of the molecule is Cc1ccccc1OCCC(=O)OCC(=O)N[C@H](C)c1cccc2ccccc12. The summed E-state index contributed by atoms with van der Waals surface area (Å²) >= 11 is 0. The van der Waals surface area contributed by atoms with Gasteiger partial charge in [0.15, 0.2) is 6.61 Å². The van der Waals surface area contributed by atoms with Gasteiger partial charge in [-0.25, -0.2) is 0 Å². The van der Waals surface area contributed by atoms with Gasteiger partial charge >= 0.3 is 5.97 Å². The zero-order chi connectivity index (χ0) is 20.6. The van der Waals surface area contributed by atoms with Gasteiger partial charge in [0.1, 0.15) is 5.75 Å². The van der Waals surface area contributed by atoms with Crippen LogP contribution in [0.5, 0.6) is 5.75 Å². The van der Waals surface area contributed by atoms with Crippen molar-refractivity contribution in [1.29, 1.82) is 0 Å². The van der Waals surface area contributed by atoms with Crippen molar-refractivity contribution in [2.75, 3.05) is 13.2 Å². The lowest BCUT2D eigenvalue weighted by Crippen LogP contribution is -2.31. The molecule has 0 spiro atoms. The van der Waals surface area contributed by atoms with Crippen LogP contribution in [-0.2, 0) is 14.3 Å². The summed E-state index contributed by atoms with van der Waals surface area (Å²) in [6, 6.07) is 21.4. The summed E-state index contributed by atoms with van der Waals surface area (Å²) in [5.74, 6) is -0.0629. The number of hydrogen-bond acceptors (Lipinski definition) is 4. The number of benzene rings is 3. The third-order valence-corrected chi connectivity index (χ3v) is 4.69. The summed E-state index contributed by atoms with van der Waals surface area (Å²) in [5.41, 5.74) is 2.03. The first-order chi connectivity index (χ1) is 14.0. The van der Waals surface area contributed by atoms with E-state index in [1.165, 1.54) is 0 Å². The van der Waals surface area contributed by atoms with Crippen LogP contribution in [-0.4, -0.2) is 25.1 Å². The molecule has 5 heteroatoms. The van der Waals surface area contributed by atoms with E-state index in [9.17, 15) is 9.59 Å². The van der Waals surface area contributed by atoms with Gasteiger partial charge in [-0.05, 0) is 41.8 Å². The molecular weight excluding hydrogens is 366 g/mol. The molecule has 0 fully saturated rings. The number of carbonyl (C=O) groups is 2. The Morgan fingerprint density at radius 1 is 0.966 bits per heavy atom. The normalized spacial score (nSPS) is 11.7. The Morgan fingerprint density at radius 3 is 2.52 bits per heavy atom. The molecule has 1 amide bonds. The highest BCUT2D eigenvalue weighted by atomic mass is 16.5. The van der Waals surface area contributed by atoms with Gasteiger partial charge in [-0.3, -0.25) is 9.59 Å². The molecule has 0 aliphatic carbocycles. The summed E-state index contributed by atoms with van der Waals surface area (Å²) in [5, 5.41) is 5.09. The van der Waals surface area contributed by atoms with Crippen molar-refractivity contribution < 1.29 is 19.1 Å². The van der Waals surface area contributed by atoms with Crippen molar-refractivity contribution in [3.05, 3.63) is 77.9 Å². The highest BCUT2D eigenvalue weighted by Crippen LogP contribution is 2.24. The summed E-state index contributed by atoms with van der Waals surface area (Å²) in [4.78, 5) is 24.1. The van der Waals surface area contributed by atoms with E-state index in [4.69, 9.17) is 9.47 Å². The van der Waals surface area contributed by atoms with Crippen LogP contribution in [0.2, 0.25) is 0 Å². The lowest BCUT2D eigenvalue weighted by atomic mass is 10.00. The maximum atomic E-state index is 12.2. The van der Waals surface area contributed by atoms with E-state index in [0.29, 0.717) is 0 Å². The van der Waals surface area contributed by atoms with Crippen molar-refractivity contribution in [2.24, 2.45) is 0 Å². The van der Waals surface area contributed by atoms with Gasteiger partial charge < -0.3 is 14.8 Å². The van der Waals surface area contributed by atoms with Crippen LogP contribution in [0.25, 0.3) is 10.8 Å². The van der Waals surface area contributed by atoms with Crippen LogP contribution in [0.3, 0.4) is 0 Å². The van der Waals surface area contributed by atoms with Gasteiger partial charge in [0, 0.05) is 0 Å². The zero-order valence-electron chi connectivity index (χ0n) is 16.7. The Balaban J connectivity index is 1.44. The number of esters is 1. The van der Waals surface area contributed by atoms with E-state index in [1.54, 1.807) is 0 Å². The van der Waals surface area contributed by atoms with Gasteiger partial charge in [0.05, 0.1) is 19.1 Å². The van der Waals surface area contributed by atoms with E-state index in [0.717, 1.165) is 27.6 Å². The monoisotopic (exact) mass is 391 g/mol. The Hall–Kier alpha value is -3.34. The van der Waals surface area contributed by atoms with Crippen LogP contribution in [0.4, 0.5) is 0 Å². The first-order valence-electron chi connectivity index (χ1n) is 9.65. The molecule has 0 aliphatic heterocycles. The topological polar surface area (TPSA) is 64.6 Å². The molecule has 29 heavy (non-hydrogen) atoms. The molecule has 1 N–H and O–H groups in total. The van der Waals surface area contributed by atoms with Crippen molar-refractivity contribution in [2.45, 2.75) is 26.3 Å². The number of amides is 1. The molecule has 1 atom stereocenters. The molecule has 3 aromatic rings. The highest BCUT2D eigenvalue weighted by Gasteiger charge is 2.14. The van der Waals surface area contributed by atoms with Gasteiger partial charge in [0.2, 0.25) is 0 Å². The van der Waals surface area contributed by atoms with Gasteiger partial charge in [-0.1, -0.05) is 60.7 Å². The molecule has 3 aromatic carbocycles. The van der Waals surface area contributed by atoms with Crippen LogP contribution in [0.1, 0.15) is 30.5 Å². The van der Waals surface area contributed by atoms with Gasteiger partial charge in [0.25, 0.3) is 5.91 Å². The standard InChI is InChI=1S/C24H25NO4/c1-17-8-3-6-13-22(17)28-15-14-24(27)29-16-23(26)25-18(2)20-12-7-10-19-9-4-5-11-21(19)20/h3-13,18H,14-16H2,1-2H3,(H,25,26)/t18-/m1/s1. The summed E-state index contributed by atoms with van der Waals surface area (Å²) in [6.07, 6.45) is 0.0838. The molecule has 0 radical (unpaired) electrons. The second-order valence-corrected chi connectivity index (χ2v) is 6.88. The molecule has 3 rings (SSSR count). The number of carbonyl (C=O) groups excluding carboxylic acids is 2. The first kappa shape index (κ1) is 20.4. The maximum absolute atomic E-state index is 12.2. The Kier molecular flexibility index (Phi) is 6.85. The fraction of sp³-hybridized carbons (Fsp3) is 0.250. The Morgan fingerprint density at radius 2 is 1.69 bits per heavy atom. The second-order valence-electron chi connectivity index (χ2n) is 6.88. The third-order valence-electron chi connectivity index (χ3n) is 4.69. The van der Waals surface area contributed by atoms with Crippen LogP contribution >= 0.6 is 0 Å². The number of para-hydroxylation sites is 1. The van der Waals surface area contributed by atoms with E-state index < -0.39 is 5.97 Å². The second kappa shape index (κ2) is 9.73. The summed E-state index contributed by atoms with van der Waals surface area (Å²) in [7, 11) is 0. The van der Waals surface area contributed by atoms with E-state index >= 15 is 0 Å². The first-order valence-corrected chi connectivity index (χ1v) is 9.65. The number of aryl methyl sites for hydroxylation is 1. The fourth-order valence-electron chi connectivity index (χ4n) is 3.17. The average Bonchev–Trinajstić information content (AvgIpc) is 2.73. The molecule has 0 aromatic heterocycles. The van der Waals surface area contributed by atoms with Gasteiger partial charge in [-0.2, -0.15) is 0 Å². The van der Waals surface area contributed by atoms with Crippen molar-refractivity contribution >= 4 is 22.6 Å². The van der Waals surface area contributed by atoms with Crippen molar-refractivity contribution in [3.8, 4) is 5.75 Å².